The van der Waals surface area contributed by atoms with Crippen molar-refractivity contribution in [3.8, 4) is 5.75 Å². The second-order valence-electron chi connectivity index (χ2n) is 6.80. The van der Waals surface area contributed by atoms with Gasteiger partial charge in [-0.2, -0.15) is 8.78 Å². The van der Waals surface area contributed by atoms with Gasteiger partial charge in [0.2, 0.25) is 0 Å². The summed E-state index contributed by atoms with van der Waals surface area (Å²) in [6, 6.07) is 3.14. The maximum Gasteiger partial charge on any atom is 0.387 e. The Bertz CT molecular complexity index is 731. The number of rotatable bonds is 2. The minimum atomic E-state index is -2.89. The highest BCUT2D eigenvalue weighted by molar-refractivity contribution is 5.99. The summed E-state index contributed by atoms with van der Waals surface area (Å²) >= 11 is 0. The van der Waals surface area contributed by atoms with Crippen LogP contribution in [0.4, 0.5) is 8.78 Å². The smallest absolute Gasteiger partial charge is 0.387 e. The molecule has 22 heavy (non-hydrogen) atoms. The van der Waals surface area contributed by atoms with Gasteiger partial charge >= 0.3 is 6.61 Å². The van der Waals surface area contributed by atoms with Crippen molar-refractivity contribution in [1.29, 1.82) is 5.41 Å². The van der Waals surface area contributed by atoms with Gasteiger partial charge in [-0.1, -0.05) is 20.8 Å². The van der Waals surface area contributed by atoms with E-state index in [2.05, 4.69) is 30.5 Å². The Morgan fingerprint density at radius 2 is 2.09 bits per heavy atom. The number of pyridine rings is 1. The summed E-state index contributed by atoms with van der Waals surface area (Å²) in [5, 5.41) is 8.26. The standard InChI is InChI=1S/C16H19F2N3O/c1-16(2,3)9-7-10(19)13-11(8-9)21-6-4-5-12(14(21)20-13)22-15(17)18/h4-6,9,15,19H,7-8H2,1-3H3. The highest BCUT2D eigenvalue weighted by Gasteiger charge is 2.34. The SMILES string of the molecule is CC(C)(C)C1CC(=N)c2nc3c(OC(F)F)cccn3c2C1. The molecule has 0 saturated carbocycles. The summed E-state index contributed by atoms with van der Waals surface area (Å²) in [7, 11) is 0. The molecule has 1 unspecified atom stereocenters. The number of ether oxygens (including phenoxy) is 1. The van der Waals surface area contributed by atoms with Gasteiger partial charge in [-0.05, 0) is 36.3 Å². The molecular formula is C16H19F2N3O. The number of nitrogens with one attached hydrogen (secondary N) is 1. The van der Waals surface area contributed by atoms with Crippen molar-refractivity contribution in [1.82, 2.24) is 9.38 Å². The van der Waals surface area contributed by atoms with Crippen LogP contribution in [-0.2, 0) is 6.42 Å². The van der Waals surface area contributed by atoms with Gasteiger partial charge in [-0.25, -0.2) is 4.98 Å². The molecule has 118 valence electrons. The van der Waals surface area contributed by atoms with E-state index in [0.29, 0.717) is 29.4 Å². The van der Waals surface area contributed by atoms with Crippen molar-refractivity contribution < 1.29 is 13.5 Å². The van der Waals surface area contributed by atoms with Gasteiger partial charge < -0.3 is 14.5 Å². The molecule has 0 spiro atoms. The minimum absolute atomic E-state index is 0.0482. The summed E-state index contributed by atoms with van der Waals surface area (Å²) in [5.74, 6) is 0.374. The van der Waals surface area contributed by atoms with E-state index in [4.69, 9.17) is 5.41 Å². The number of nitrogens with zero attached hydrogens (tertiary/aromatic N) is 2. The Morgan fingerprint density at radius 1 is 1.36 bits per heavy atom. The first-order valence-corrected chi connectivity index (χ1v) is 7.30. The number of fused-ring (bicyclic) bond motifs is 3. The molecule has 0 aromatic carbocycles. The zero-order chi connectivity index (χ0) is 16.1. The van der Waals surface area contributed by atoms with Crippen molar-refractivity contribution in [3.05, 3.63) is 29.7 Å². The van der Waals surface area contributed by atoms with E-state index in [0.717, 1.165) is 12.1 Å². The maximum absolute atomic E-state index is 12.5. The normalized spacial score (nSPS) is 18.8. The minimum Gasteiger partial charge on any atom is -0.431 e. The van der Waals surface area contributed by atoms with E-state index in [9.17, 15) is 8.78 Å². The molecule has 3 rings (SSSR count). The zero-order valence-corrected chi connectivity index (χ0v) is 12.9. The van der Waals surface area contributed by atoms with Crippen LogP contribution in [0.15, 0.2) is 18.3 Å². The van der Waals surface area contributed by atoms with Crippen molar-refractivity contribution in [2.45, 2.75) is 40.2 Å². The van der Waals surface area contributed by atoms with Gasteiger partial charge in [0.1, 0.15) is 5.69 Å². The fourth-order valence-electron chi connectivity index (χ4n) is 2.98. The monoisotopic (exact) mass is 307 g/mol. The second-order valence-corrected chi connectivity index (χ2v) is 6.80. The Labute approximate surface area is 127 Å². The Kier molecular flexibility index (Phi) is 3.42. The lowest BCUT2D eigenvalue weighted by atomic mass is 9.72. The van der Waals surface area contributed by atoms with Crippen molar-refractivity contribution in [2.75, 3.05) is 0 Å². The second kappa shape index (κ2) is 5.04. The van der Waals surface area contributed by atoms with E-state index < -0.39 is 6.61 Å². The summed E-state index contributed by atoms with van der Waals surface area (Å²) in [4.78, 5) is 4.38. The fraction of sp³-hybridized carbons (Fsp3) is 0.500. The first kappa shape index (κ1) is 14.9. The summed E-state index contributed by atoms with van der Waals surface area (Å²) in [5.41, 5.74) is 2.40. The molecule has 2 aromatic rings. The number of imidazole rings is 1. The van der Waals surface area contributed by atoms with Crippen molar-refractivity contribution in [3.63, 3.8) is 0 Å². The van der Waals surface area contributed by atoms with Crippen LogP contribution in [0.5, 0.6) is 5.75 Å². The van der Waals surface area contributed by atoms with Crippen LogP contribution in [0.2, 0.25) is 0 Å². The number of hydrogen-bond acceptors (Lipinski definition) is 3. The lowest BCUT2D eigenvalue weighted by Crippen LogP contribution is -2.30. The summed E-state index contributed by atoms with van der Waals surface area (Å²) in [6.07, 6.45) is 3.23. The fourth-order valence-corrected chi connectivity index (χ4v) is 2.98. The van der Waals surface area contributed by atoms with Gasteiger partial charge in [0.25, 0.3) is 0 Å². The third kappa shape index (κ3) is 2.46. The molecule has 2 heterocycles. The number of halogens is 2. The van der Waals surface area contributed by atoms with E-state index in [1.165, 1.54) is 6.07 Å². The molecule has 0 bridgehead atoms. The van der Waals surface area contributed by atoms with Crippen LogP contribution in [0, 0.1) is 16.7 Å². The molecule has 4 nitrogen and oxygen atoms in total. The Morgan fingerprint density at radius 3 is 2.73 bits per heavy atom. The Balaban J connectivity index is 2.12. The van der Waals surface area contributed by atoms with Crippen molar-refractivity contribution in [2.24, 2.45) is 11.3 Å². The van der Waals surface area contributed by atoms with Crippen LogP contribution < -0.4 is 4.74 Å². The number of hydrogen-bond donors (Lipinski definition) is 1. The molecule has 0 amide bonds. The van der Waals surface area contributed by atoms with Gasteiger partial charge in [0, 0.05) is 6.20 Å². The van der Waals surface area contributed by atoms with E-state index >= 15 is 0 Å². The summed E-state index contributed by atoms with van der Waals surface area (Å²) in [6.45, 7) is 3.58. The van der Waals surface area contributed by atoms with Crippen LogP contribution in [-0.4, -0.2) is 21.7 Å². The molecule has 0 aliphatic heterocycles. The molecule has 1 N–H and O–H groups in total. The first-order valence-electron chi connectivity index (χ1n) is 7.30. The molecule has 1 atom stereocenters. The maximum atomic E-state index is 12.5. The van der Waals surface area contributed by atoms with Crippen molar-refractivity contribution >= 4 is 11.4 Å². The van der Waals surface area contributed by atoms with Gasteiger partial charge in [-0.3, -0.25) is 0 Å². The number of alkyl halides is 2. The lowest BCUT2D eigenvalue weighted by molar-refractivity contribution is -0.0491. The molecule has 0 radical (unpaired) electrons. The third-order valence-electron chi connectivity index (χ3n) is 4.33. The van der Waals surface area contributed by atoms with Gasteiger partial charge in [0.15, 0.2) is 11.4 Å². The highest BCUT2D eigenvalue weighted by atomic mass is 19.3. The van der Waals surface area contributed by atoms with Crippen LogP contribution >= 0.6 is 0 Å². The average Bonchev–Trinajstić information content (AvgIpc) is 2.78. The quantitative estimate of drug-likeness (QED) is 0.914. The molecule has 0 saturated heterocycles. The van der Waals surface area contributed by atoms with Gasteiger partial charge in [0.05, 0.1) is 11.4 Å². The predicted octanol–water partition coefficient (Wildman–Crippen LogP) is 3.91. The highest BCUT2D eigenvalue weighted by Crippen LogP contribution is 2.38. The predicted molar refractivity (Wildman–Crippen MR) is 79.9 cm³/mol. The largest absolute Gasteiger partial charge is 0.431 e. The molecule has 1 aliphatic rings. The summed E-state index contributed by atoms with van der Waals surface area (Å²) < 4.78 is 31.4. The average molecular weight is 307 g/mol. The molecule has 6 heteroatoms. The van der Waals surface area contributed by atoms with E-state index in [1.54, 1.807) is 16.7 Å². The zero-order valence-electron chi connectivity index (χ0n) is 12.9. The van der Waals surface area contributed by atoms with E-state index in [-0.39, 0.29) is 11.2 Å². The molecule has 2 aromatic heterocycles. The number of aromatic nitrogens is 2. The van der Waals surface area contributed by atoms with Gasteiger partial charge in [-0.15, -0.1) is 0 Å². The first-order chi connectivity index (χ1) is 10.3. The molecule has 1 aliphatic carbocycles. The lowest BCUT2D eigenvalue weighted by Gasteiger charge is -2.33. The van der Waals surface area contributed by atoms with Crippen LogP contribution in [0.25, 0.3) is 5.65 Å². The molecular weight excluding hydrogens is 288 g/mol. The van der Waals surface area contributed by atoms with Crippen LogP contribution in [0.1, 0.15) is 38.6 Å². The third-order valence-corrected chi connectivity index (χ3v) is 4.33. The van der Waals surface area contributed by atoms with E-state index in [1.807, 2.05) is 0 Å². The van der Waals surface area contributed by atoms with Crippen LogP contribution in [0.3, 0.4) is 0 Å². The Hall–Kier alpha value is -1.98. The molecule has 0 fully saturated rings. The topological polar surface area (TPSA) is 50.4 Å².